The lowest BCUT2D eigenvalue weighted by molar-refractivity contribution is -0.137. The zero-order valence-electron chi connectivity index (χ0n) is 11.6. The maximum atomic E-state index is 12.1. The van der Waals surface area contributed by atoms with Crippen molar-refractivity contribution in [1.82, 2.24) is 0 Å². The minimum Gasteiger partial charge on any atom is -0.491 e. The van der Waals surface area contributed by atoms with Crippen molar-refractivity contribution in [2.45, 2.75) is 26.7 Å². The minimum absolute atomic E-state index is 0.155. The van der Waals surface area contributed by atoms with Gasteiger partial charge in [-0.3, -0.25) is 4.79 Å². The highest BCUT2D eigenvalue weighted by atomic mass is 35.5. The molecule has 0 aliphatic heterocycles. The quantitative estimate of drug-likeness (QED) is 0.459. The molecule has 0 radical (unpaired) electrons. The highest BCUT2D eigenvalue weighted by Crippen LogP contribution is 2.34. The summed E-state index contributed by atoms with van der Waals surface area (Å²) in [6.45, 7) is 4.13. The molecule has 0 heterocycles. The number of ether oxygens (including phenoxy) is 2. The van der Waals surface area contributed by atoms with Crippen molar-refractivity contribution >= 4 is 23.4 Å². The summed E-state index contributed by atoms with van der Waals surface area (Å²) in [7, 11) is 0. The first-order valence-corrected chi connectivity index (χ1v) is 7.05. The van der Waals surface area contributed by atoms with Crippen molar-refractivity contribution in [3.63, 3.8) is 0 Å². The molecule has 0 atom stereocenters. The number of ketones is 1. The number of Topliss-reactive ketones (excluding diaryl/α,β-unsaturated/α-hetero) is 1. The summed E-state index contributed by atoms with van der Waals surface area (Å²) in [5.41, 5.74) is 0.968. The third-order valence-electron chi connectivity index (χ3n) is 3.05. The molecule has 0 bridgehead atoms. The summed E-state index contributed by atoms with van der Waals surface area (Å²) in [6, 6.07) is 3.32. The van der Waals surface area contributed by atoms with Crippen molar-refractivity contribution in [2.75, 3.05) is 13.2 Å². The van der Waals surface area contributed by atoms with E-state index in [0.717, 1.165) is 18.4 Å². The summed E-state index contributed by atoms with van der Waals surface area (Å²) in [5.74, 6) is -0.797. The molecule has 0 amide bonds. The molecule has 1 aromatic carbocycles. The van der Waals surface area contributed by atoms with E-state index in [1.807, 2.05) is 0 Å². The molecule has 0 unspecified atom stereocenters. The number of rotatable bonds is 6. The van der Waals surface area contributed by atoms with E-state index in [2.05, 4.69) is 0 Å². The predicted octanol–water partition coefficient (Wildman–Crippen LogP) is 3.18. The molecule has 4 nitrogen and oxygen atoms in total. The molecule has 0 aromatic heterocycles. The summed E-state index contributed by atoms with van der Waals surface area (Å²) >= 11 is 6.14. The SMILES string of the molecule is CCOC(=O)C(=O)c1cc(C)cc(Cl)c1OCC1CC1. The first-order chi connectivity index (χ1) is 9.52. The monoisotopic (exact) mass is 296 g/mol. The lowest BCUT2D eigenvalue weighted by Crippen LogP contribution is -2.19. The molecule has 0 spiro atoms. The highest BCUT2D eigenvalue weighted by Gasteiger charge is 2.27. The number of aryl methyl sites for hydroxylation is 1. The van der Waals surface area contributed by atoms with Gasteiger partial charge < -0.3 is 9.47 Å². The summed E-state index contributed by atoms with van der Waals surface area (Å²) in [5, 5.41) is 0.346. The van der Waals surface area contributed by atoms with Gasteiger partial charge in [-0.25, -0.2) is 4.79 Å². The first kappa shape index (κ1) is 14.9. The van der Waals surface area contributed by atoms with Gasteiger partial charge in [0, 0.05) is 0 Å². The van der Waals surface area contributed by atoms with E-state index in [-0.39, 0.29) is 17.9 Å². The normalized spacial score (nSPS) is 13.9. The van der Waals surface area contributed by atoms with Crippen molar-refractivity contribution < 1.29 is 19.1 Å². The number of benzene rings is 1. The van der Waals surface area contributed by atoms with Crippen molar-refractivity contribution in [1.29, 1.82) is 0 Å². The maximum Gasteiger partial charge on any atom is 0.379 e. The van der Waals surface area contributed by atoms with Gasteiger partial charge in [0.2, 0.25) is 0 Å². The van der Waals surface area contributed by atoms with Gasteiger partial charge in [-0.1, -0.05) is 11.6 Å². The zero-order valence-corrected chi connectivity index (χ0v) is 12.3. The Kier molecular flexibility index (Phi) is 4.65. The van der Waals surface area contributed by atoms with Crippen molar-refractivity contribution in [3.8, 4) is 5.75 Å². The molecular formula is C15H17ClO4. The number of esters is 1. The molecular weight excluding hydrogens is 280 g/mol. The number of hydrogen-bond acceptors (Lipinski definition) is 4. The lowest BCUT2D eigenvalue weighted by Gasteiger charge is -2.13. The molecule has 108 valence electrons. The van der Waals surface area contributed by atoms with E-state index < -0.39 is 11.8 Å². The molecule has 0 saturated heterocycles. The van der Waals surface area contributed by atoms with Gasteiger partial charge in [0.1, 0.15) is 5.75 Å². The molecule has 1 aliphatic rings. The van der Waals surface area contributed by atoms with Gasteiger partial charge in [-0.05, 0) is 50.3 Å². The predicted molar refractivity (Wildman–Crippen MR) is 75.4 cm³/mol. The smallest absolute Gasteiger partial charge is 0.379 e. The van der Waals surface area contributed by atoms with Crippen molar-refractivity contribution in [3.05, 3.63) is 28.3 Å². The summed E-state index contributed by atoms with van der Waals surface area (Å²) in [6.07, 6.45) is 2.26. The lowest BCUT2D eigenvalue weighted by atomic mass is 10.1. The van der Waals surface area contributed by atoms with Crippen LogP contribution in [-0.2, 0) is 9.53 Å². The Balaban J connectivity index is 2.27. The molecule has 20 heavy (non-hydrogen) atoms. The molecule has 1 saturated carbocycles. The average Bonchev–Trinajstić information content (AvgIpc) is 3.20. The maximum absolute atomic E-state index is 12.1. The second kappa shape index (κ2) is 6.27. The van der Waals surface area contributed by atoms with E-state index in [1.165, 1.54) is 0 Å². The molecule has 2 rings (SSSR count). The fourth-order valence-electron chi connectivity index (χ4n) is 1.84. The summed E-state index contributed by atoms with van der Waals surface area (Å²) < 4.78 is 10.4. The highest BCUT2D eigenvalue weighted by molar-refractivity contribution is 6.42. The standard InChI is InChI=1S/C15H17ClO4/c1-3-19-15(18)13(17)11-6-9(2)7-12(16)14(11)20-8-10-4-5-10/h6-7,10H,3-5,8H2,1-2H3. The Morgan fingerprint density at radius 1 is 1.35 bits per heavy atom. The third-order valence-corrected chi connectivity index (χ3v) is 3.33. The van der Waals surface area contributed by atoms with Crippen LogP contribution in [-0.4, -0.2) is 25.0 Å². The van der Waals surface area contributed by atoms with Crippen LogP contribution >= 0.6 is 11.6 Å². The second-order valence-corrected chi connectivity index (χ2v) is 5.33. The van der Waals surface area contributed by atoms with E-state index >= 15 is 0 Å². The zero-order chi connectivity index (χ0) is 14.7. The van der Waals surface area contributed by atoms with Crippen LogP contribution in [0.15, 0.2) is 12.1 Å². The fourth-order valence-corrected chi connectivity index (χ4v) is 2.17. The number of halogens is 1. The van der Waals surface area contributed by atoms with E-state index in [9.17, 15) is 9.59 Å². The molecule has 1 aromatic rings. The number of hydrogen-bond donors (Lipinski definition) is 0. The van der Waals surface area contributed by atoms with Gasteiger partial charge in [0.15, 0.2) is 0 Å². The number of carbonyl (C=O) groups is 2. The average molecular weight is 297 g/mol. The van der Waals surface area contributed by atoms with Gasteiger partial charge in [0.25, 0.3) is 5.78 Å². The van der Waals surface area contributed by atoms with Crippen LogP contribution in [0.4, 0.5) is 0 Å². The van der Waals surface area contributed by atoms with E-state index in [4.69, 9.17) is 21.1 Å². The van der Waals surface area contributed by atoms with Crippen LogP contribution in [0, 0.1) is 12.8 Å². The topological polar surface area (TPSA) is 52.6 Å². The number of carbonyl (C=O) groups excluding carboxylic acids is 2. The molecule has 1 aliphatic carbocycles. The Bertz CT molecular complexity index is 535. The van der Waals surface area contributed by atoms with Gasteiger partial charge in [-0.15, -0.1) is 0 Å². The largest absolute Gasteiger partial charge is 0.491 e. The fraction of sp³-hybridized carbons (Fsp3) is 0.467. The van der Waals surface area contributed by atoms with Crippen LogP contribution in [0.25, 0.3) is 0 Å². The van der Waals surface area contributed by atoms with Crippen LogP contribution in [0.3, 0.4) is 0 Å². The Hall–Kier alpha value is -1.55. The van der Waals surface area contributed by atoms with Crippen LogP contribution in [0.5, 0.6) is 5.75 Å². The second-order valence-electron chi connectivity index (χ2n) is 4.93. The molecule has 1 fully saturated rings. The Morgan fingerprint density at radius 2 is 2.05 bits per heavy atom. The van der Waals surface area contributed by atoms with Crippen molar-refractivity contribution in [2.24, 2.45) is 5.92 Å². The van der Waals surface area contributed by atoms with E-state index in [1.54, 1.807) is 26.0 Å². The minimum atomic E-state index is -0.884. The van der Waals surface area contributed by atoms with Gasteiger partial charge >= 0.3 is 5.97 Å². The summed E-state index contributed by atoms with van der Waals surface area (Å²) in [4.78, 5) is 23.7. The Morgan fingerprint density at radius 3 is 2.65 bits per heavy atom. The molecule has 0 N–H and O–H groups in total. The van der Waals surface area contributed by atoms with Crippen LogP contribution < -0.4 is 4.74 Å². The Labute approximate surface area is 123 Å². The molecule has 5 heteroatoms. The van der Waals surface area contributed by atoms with Crippen LogP contribution in [0.1, 0.15) is 35.7 Å². The van der Waals surface area contributed by atoms with E-state index in [0.29, 0.717) is 17.5 Å². The van der Waals surface area contributed by atoms with Crippen LogP contribution in [0.2, 0.25) is 5.02 Å². The van der Waals surface area contributed by atoms with Gasteiger partial charge in [0.05, 0.1) is 23.8 Å². The third kappa shape index (κ3) is 3.51. The van der Waals surface area contributed by atoms with Gasteiger partial charge in [-0.2, -0.15) is 0 Å². The first-order valence-electron chi connectivity index (χ1n) is 6.67.